The van der Waals surface area contributed by atoms with Crippen LogP contribution in [0.15, 0.2) is 0 Å². The van der Waals surface area contributed by atoms with Gasteiger partial charge in [-0.1, -0.05) is 6.92 Å². The summed E-state index contributed by atoms with van der Waals surface area (Å²) in [7, 11) is 3.17. The molecule has 0 aromatic rings. The van der Waals surface area contributed by atoms with E-state index in [0.29, 0.717) is 6.54 Å². The zero-order valence-corrected chi connectivity index (χ0v) is 10.1. The Balaban J connectivity index is 4.64. The standard InChI is InChI=1S/C10H20N2O3/c1-6-7-11(4)9(15)12(5)10(2,3)8(13)14/h6-7H2,1-5H3,(H,13,14). The van der Waals surface area contributed by atoms with E-state index in [-0.39, 0.29) is 6.03 Å². The quantitative estimate of drug-likeness (QED) is 0.769. The van der Waals surface area contributed by atoms with Crippen LogP contribution < -0.4 is 0 Å². The van der Waals surface area contributed by atoms with Crippen molar-refractivity contribution < 1.29 is 14.7 Å². The van der Waals surface area contributed by atoms with Gasteiger partial charge in [-0.3, -0.25) is 0 Å². The first kappa shape index (κ1) is 13.7. The largest absolute Gasteiger partial charge is 0.480 e. The maximum Gasteiger partial charge on any atom is 0.329 e. The van der Waals surface area contributed by atoms with E-state index in [2.05, 4.69) is 0 Å². The van der Waals surface area contributed by atoms with Gasteiger partial charge in [0, 0.05) is 20.6 Å². The summed E-state index contributed by atoms with van der Waals surface area (Å²) in [4.78, 5) is 25.5. The number of rotatable bonds is 4. The van der Waals surface area contributed by atoms with E-state index in [4.69, 9.17) is 5.11 Å². The average Bonchev–Trinajstić information content (AvgIpc) is 2.15. The molecule has 0 atom stereocenters. The molecule has 0 aliphatic rings. The molecule has 0 fully saturated rings. The molecule has 0 aliphatic carbocycles. The number of hydrogen-bond donors (Lipinski definition) is 1. The Morgan fingerprint density at radius 1 is 1.27 bits per heavy atom. The molecule has 0 aromatic heterocycles. The lowest BCUT2D eigenvalue weighted by Crippen LogP contribution is -2.54. The minimum Gasteiger partial charge on any atom is -0.480 e. The lowest BCUT2D eigenvalue weighted by atomic mass is 10.0. The summed E-state index contributed by atoms with van der Waals surface area (Å²) in [5.41, 5.74) is -1.18. The van der Waals surface area contributed by atoms with Crippen molar-refractivity contribution in [3.8, 4) is 0 Å². The van der Waals surface area contributed by atoms with Crippen LogP contribution in [-0.4, -0.2) is 53.1 Å². The van der Waals surface area contributed by atoms with Crippen LogP contribution in [0.2, 0.25) is 0 Å². The molecule has 0 unspecified atom stereocenters. The number of urea groups is 1. The zero-order chi connectivity index (χ0) is 12.2. The van der Waals surface area contributed by atoms with Gasteiger partial charge < -0.3 is 14.9 Å². The molecule has 1 N–H and O–H groups in total. The highest BCUT2D eigenvalue weighted by atomic mass is 16.4. The molecule has 0 aromatic carbocycles. The second-order valence-electron chi connectivity index (χ2n) is 4.13. The second-order valence-corrected chi connectivity index (χ2v) is 4.13. The van der Waals surface area contributed by atoms with Gasteiger partial charge in [-0.05, 0) is 20.3 Å². The summed E-state index contributed by atoms with van der Waals surface area (Å²) in [6, 6.07) is -0.274. The number of amides is 2. The fourth-order valence-corrected chi connectivity index (χ4v) is 1.07. The molecular weight excluding hydrogens is 196 g/mol. The molecule has 15 heavy (non-hydrogen) atoms. The molecule has 0 saturated carbocycles. The molecule has 0 aliphatic heterocycles. The number of nitrogens with zero attached hydrogens (tertiary/aromatic N) is 2. The third-order valence-corrected chi connectivity index (χ3v) is 2.53. The van der Waals surface area contributed by atoms with Crippen LogP contribution in [-0.2, 0) is 4.79 Å². The minimum absolute atomic E-state index is 0.274. The van der Waals surface area contributed by atoms with E-state index in [1.807, 2.05) is 6.92 Å². The highest BCUT2D eigenvalue weighted by molar-refractivity contribution is 5.85. The molecule has 0 heterocycles. The third kappa shape index (κ3) is 3.11. The predicted molar refractivity (Wildman–Crippen MR) is 57.8 cm³/mol. The summed E-state index contributed by atoms with van der Waals surface area (Å²) in [5.74, 6) is -1.01. The fraction of sp³-hybridized carbons (Fsp3) is 0.800. The van der Waals surface area contributed by atoms with E-state index in [9.17, 15) is 9.59 Å². The summed E-state index contributed by atoms with van der Waals surface area (Å²) >= 11 is 0. The molecule has 0 saturated heterocycles. The normalized spacial score (nSPS) is 11.0. The van der Waals surface area contributed by atoms with Crippen molar-refractivity contribution in [1.29, 1.82) is 0 Å². The zero-order valence-electron chi connectivity index (χ0n) is 10.1. The van der Waals surface area contributed by atoms with Crippen LogP contribution in [0.3, 0.4) is 0 Å². The Kier molecular flexibility index (Phi) is 4.58. The number of carboxylic acid groups (broad SMARTS) is 1. The molecule has 0 bridgehead atoms. The Bertz CT molecular complexity index is 251. The minimum atomic E-state index is -1.18. The van der Waals surface area contributed by atoms with Crippen molar-refractivity contribution in [3.63, 3.8) is 0 Å². The van der Waals surface area contributed by atoms with E-state index in [0.717, 1.165) is 6.42 Å². The number of aliphatic carboxylic acids is 1. The summed E-state index contributed by atoms with van der Waals surface area (Å²) < 4.78 is 0. The van der Waals surface area contributed by atoms with Gasteiger partial charge in [-0.25, -0.2) is 9.59 Å². The van der Waals surface area contributed by atoms with Crippen LogP contribution in [0, 0.1) is 0 Å². The third-order valence-electron chi connectivity index (χ3n) is 2.53. The van der Waals surface area contributed by atoms with Crippen LogP contribution in [0.4, 0.5) is 4.79 Å². The number of hydrogen-bond acceptors (Lipinski definition) is 2. The van der Waals surface area contributed by atoms with Crippen LogP contribution in [0.5, 0.6) is 0 Å². The van der Waals surface area contributed by atoms with Crippen molar-refractivity contribution >= 4 is 12.0 Å². The molecule has 5 heteroatoms. The van der Waals surface area contributed by atoms with Crippen molar-refractivity contribution in [3.05, 3.63) is 0 Å². The maximum absolute atomic E-state index is 11.8. The van der Waals surface area contributed by atoms with Crippen molar-refractivity contribution in [2.45, 2.75) is 32.7 Å². The van der Waals surface area contributed by atoms with Gasteiger partial charge in [0.2, 0.25) is 0 Å². The number of carbonyl (C=O) groups excluding carboxylic acids is 1. The Hall–Kier alpha value is -1.26. The number of likely N-dealkylation sites (N-methyl/N-ethyl adjacent to an activating group) is 1. The summed E-state index contributed by atoms with van der Waals surface area (Å²) in [6.07, 6.45) is 0.851. The maximum atomic E-state index is 11.8. The first-order valence-corrected chi connectivity index (χ1v) is 4.97. The predicted octanol–water partition coefficient (Wildman–Crippen LogP) is 1.24. The number of carboxylic acids is 1. The summed E-state index contributed by atoms with van der Waals surface area (Å²) in [6.45, 7) is 5.60. The lowest BCUT2D eigenvalue weighted by molar-refractivity contribution is -0.147. The van der Waals surface area contributed by atoms with Gasteiger partial charge in [-0.15, -0.1) is 0 Å². The van der Waals surface area contributed by atoms with Gasteiger partial charge in [0.05, 0.1) is 0 Å². The van der Waals surface area contributed by atoms with Crippen LogP contribution in [0.25, 0.3) is 0 Å². The first-order valence-electron chi connectivity index (χ1n) is 4.97. The first-order chi connectivity index (χ1) is 6.75. The van der Waals surface area contributed by atoms with Crippen molar-refractivity contribution in [2.24, 2.45) is 0 Å². The number of carbonyl (C=O) groups is 2. The van der Waals surface area contributed by atoms with E-state index < -0.39 is 11.5 Å². The smallest absolute Gasteiger partial charge is 0.329 e. The molecule has 0 radical (unpaired) electrons. The summed E-state index contributed by atoms with van der Waals surface area (Å²) in [5, 5.41) is 8.96. The van der Waals surface area contributed by atoms with Gasteiger partial charge in [0.1, 0.15) is 5.54 Å². The topological polar surface area (TPSA) is 60.9 Å². The van der Waals surface area contributed by atoms with E-state index >= 15 is 0 Å². The molecule has 2 amide bonds. The van der Waals surface area contributed by atoms with Gasteiger partial charge in [0.25, 0.3) is 0 Å². The SMILES string of the molecule is CCCN(C)C(=O)N(C)C(C)(C)C(=O)O. The molecule has 88 valence electrons. The van der Waals surface area contributed by atoms with E-state index in [1.54, 1.807) is 7.05 Å². The van der Waals surface area contributed by atoms with Gasteiger partial charge in [-0.2, -0.15) is 0 Å². The van der Waals surface area contributed by atoms with Crippen molar-refractivity contribution in [2.75, 3.05) is 20.6 Å². The fourth-order valence-electron chi connectivity index (χ4n) is 1.07. The van der Waals surface area contributed by atoms with Crippen molar-refractivity contribution in [1.82, 2.24) is 9.80 Å². The Morgan fingerprint density at radius 2 is 1.73 bits per heavy atom. The Labute approximate surface area is 90.7 Å². The second kappa shape index (κ2) is 5.00. The lowest BCUT2D eigenvalue weighted by Gasteiger charge is -2.34. The molecule has 5 nitrogen and oxygen atoms in total. The van der Waals surface area contributed by atoms with Crippen LogP contribution in [0.1, 0.15) is 27.2 Å². The highest BCUT2D eigenvalue weighted by Crippen LogP contribution is 2.14. The average molecular weight is 216 g/mol. The molecule has 0 rings (SSSR count). The molecule has 0 spiro atoms. The molecular formula is C10H20N2O3. The van der Waals surface area contributed by atoms with Gasteiger partial charge >= 0.3 is 12.0 Å². The Morgan fingerprint density at radius 3 is 2.07 bits per heavy atom. The monoisotopic (exact) mass is 216 g/mol. The highest BCUT2D eigenvalue weighted by Gasteiger charge is 2.36. The van der Waals surface area contributed by atoms with Gasteiger partial charge in [0.15, 0.2) is 0 Å². The van der Waals surface area contributed by atoms with E-state index in [1.165, 1.54) is 30.7 Å². The van der Waals surface area contributed by atoms with Crippen LogP contribution >= 0.6 is 0 Å².